The number of aryl methyl sites for hydroxylation is 3. The summed E-state index contributed by atoms with van der Waals surface area (Å²) >= 11 is 0. The first-order valence-corrected chi connectivity index (χ1v) is 10.1. The summed E-state index contributed by atoms with van der Waals surface area (Å²) in [6.07, 6.45) is 7.28. The Kier molecular flexibility index (Phi) is 5.18. The van der Waals surface area contributed by atoms with Gasteiger partial charge in [0.2, 0.25) is 0 Å². The van der Waals surface area contributed by atoms with Gasteiger partial charge < -0.3 is 19.2 Å². The Bertz CT molecular complexity index is 1090. The van der Waals surface area contributed by atoms with Crippen molar-refractivity contribution in [1.29, 1.82) is 0 Å². The molecule has 3 aromatic rings. The second-order valence-corrected chi connectivity index (χ2v) is 7.98. The minimum Gasteiger partial charge on any atom is -0.490 e. The first-order valence-electron chi connectivity index (χ1n) is 10.1. The largest absolute Gasteiger partial charge is 0.490 e. The van der Waals surface area contributed by atoms with Crippen LogP contribution in [0.25, 0.3) is 10.9 Å². The van der Waals surface area contributed by atoms with Crippen LogP contribution in [0.15, 0.2) is 47.5 Å². The lowest BCUT2D eigenvalue weighted by atomic mass is 9.92. The summed E-state index contributed by atoms with van der Waals surface area (Å²) in [5.74, 6) is 0.715. The van der Waals surface area contributed by atoms with E-state index in [0.29, 0.717) is 10.9 Å². The lowest BCUT2D eigenvalue weighted by Crippen LogP contribution is -2.40. The molecule has 6 heteroatoms. The van der Waals surface area contributed by atoms with Crippen molar-refractivity contribution in [2.75, 3.05) is 0 Å². The van der Waals surface area contributed by atoms with E-state index in [4.69, 9.17) is 4.74 Å². The number of fused-ring (bicyclic) bond motifs is 1. The van der Waals surface area contributed by atoms with Crippen LogP contribution in [-0.4, -0.2) is 27.2 Å². The van der Waals surface area contributed by atoms with Crippen molar-refractivity contribution in [3.8, 4) is 5.75 Å². The van der Waals surface area contributed by atoms with Crippen LogP contribution in [0.3, 0.4) is 0 Å². The number of pyridine rings is 1. The SMILES string of the molecule is Cc1cn(C)c(=O)c2c(C(=O)N[C@H]3CC[C@H](Oc4ccccc4)CC3)cn(C)c12. The van der Waals surface area contributed by atoms with Crippen LogP contribution >= 0.6 is 0 Å². The van der Waals surface area contributed by atoms with E-state index in [1.165, 1.54) is 0 Å². The molecule has 1 saturated carbocycles. The number of para-hydroxylation sites is 1. The molecule has 4 rings (SSSR count). The number of amides is 1. The number of hydrogen-bond acceptors (Lipinski definition) is 3. The third-order valence-corrected chi connectivity index (χ3v) is 5.78. The first kappa shape index (κ1) is 19.3. The second-order valence-electron chi connectivity index (χ2n) is 7.98. The Morgan fingerprint density at radius 2 is 1.72 bits per heavy atom. The van der Waals surface area contributed by atoms with Gasteiger partial charge in [0.05, 0.1) is 22.6 Å². The van der Waals surface area contributed by atoms with Crippen molar-refractivity contribution >= 4 is 16.8 Å². The topological polar surface area (TPSA) is 65.3 Å². The van der Waals surface area contributed by atoms with Gasteiger partial charge in [0.15, 0.2) is 0 Å². The Hall–Kier alpha value is -3.02. The lowest BCUT2D eigenvalue weighted by molar-refractivity contribution is 0.0895. The molecule has 6 nitrogen and oxygen atoms in total. The summed E-state index contributed by atoms with van der Waals surface area (Å²) in [7, 11) is 3.59. The number of nitrogens with one attached hydrogen (secondary N) is 1. The second kappa shape index (κ2) is 7.78. The highest BCUT2D eigenvalue weighted by atomic mass is 16.5. The molecule has 1 fully saturated rings. The molecule has 1 aliphatic rings. The molecule has 1 amide bonds. The summed E-state index contributed by atoms with van der Waals surface area (Å²) in [5.41, 5.74) is 2.10. The number of benzene rings is 1. The van der Waals surface area contributed by atoms with Gasteiger partial charge in [-0.25, -0.2) is 0 Å². The third-order valence-electron chi connectivity index (χ3n) is 5.78. The molecule has 152 valence electrons. The van der Waals surface area contributed by atoms with E-state index >= 15 is 0 Å². The van der Waals surface area contributed by atoms with Crippen LogP contribution in [0.4, 0.5) is 0 Å². The zero-order chi connectivity index (χ0) is 20.5. The fraction of sp³-hybridized carbons (Fsp3) is 0.391. The summed E-state index contributed by atoms with van der Waals surface area (Å²) in [6, 6.07) is 9.95. The molecule has 0 unspecified atom stereocenters. The van der Waals surface area contributed by atoms with Gasteiger partial charge in [-0.3, -0.25) is 9.59 Å². The fourth-order valence-corrected chi connectivity index (χ4v) is 4.36. The highest BCUT2D eigenvalue weighted by Gasteiger charge is 2.26. The first-order chi connectivity index (χ1) is 13.9. The lowest BCUT2D eigenvalue weighted by Gasteiger charge is -2.29. The quantitative estimate of drug-likeness (QED) is 0.740. The maximum atomic E-state index is 13.0. The number of carbonyl (C=O) groups excluding carboxylic acids is 1. The monoisotopic (exact) mass is 393 g/mol. The summed E-state index contributed by atoms with van der Waals surface area (Å²) in [5, 5.41) is 3.63. The molecule has 1 aromatic carbocycles. The predicted octanol–water partition coefficient (Wildman–Crippen LogP) is 3.31. The molecular weight excluding hydrogens is 366 g/mol. The Morgan fingerprint density at radius 3 is 2.41 bits per heavy atom. The highest BCUT2D eigenvalue weighted by Crippen LogP contribution is 2.25. The molecule has 0 aliphatic heterocycles. The molecule has 2 aromatic heterocycles. The zero-order valence-corrected chi connectivity index (χ0v) is 17.1. The van der Waals surface area contributed by atoms with Gasteiger partial charge in [-0.15, -0.1) is 0 Å². The van der Waals surface area contributed by atoms with Gasteiger partial charge in [-0.05, 0) is 50.3 Å². The van der Waals surface area contributed by atoms with Crippen LogP contribution < -0.4 is 15.6 Å². The molecule has 1 aliphatic carbocycles. The van der Waals surface area contributed by atoms with Crippen LogP contribution in [0.1, 0.15) is 41.6 Å². The van der Waals surface area contributed by atoms with E-state index < -0.39 is 0 Å². The molecule has 0 atom stereocenters. The van der Waals surface area contributed by atoms with E-state index in [9.17, 15) is 9.59 Å². The van der Waals surface area contributed by atoms with Crippen molar-refractivity contribution in [2.24, 2.45) is 14.1 Å². The zero-order valence-electron chi connectivity index (χ0n) is 17.1. The average Bonchev–Trinajstić information content (AvgIpc) is 3.06. The third kappa shape index (κ3) is 3.79. The predicted molar refractivity (Wildman–Crippen MR) is 113 cm³/mol. The van der Waals surface area contributed by atoms with E-state index in [1.54, 1.807) is 24.0 Å². The van der Waals surface area contributed by atoms with E-state index in [-0.39, 0.29) is 23.6 Å². The molecule has 1 N–H and O–H groups in total. The molecule has 0 spiro atoms. The highest BCUT2D eigenvalue weighted by molar-refractivity contribution is 6.07. The minimum atomic E-state index is -0.175. The molecule has 0 saturated heterocycles. The maximum absolute atomic E-state index is 13.0. The molecule has 2 heterocycles. The number of ether oxygens (including phenoxy) is 1. The van der Waals surface area contributed by atoms with Crippen LogP contribution in [-0.2, 0) is 14.1 Å². The normalized spacial score (nSPS) is 19.3. The maximum Gasteiger partial charge on any atom is 0.260 e. The Labute approximate surface area is 170 Å². The summed E-state index contributed by atoms with van der Waals surface area (Å²) in [4.78, 5) is 25.7. The number of hydrogen-bond donors (Lipinski definition) is 1. The van der Waals surface area contributed by atoms with Crippen molar-refractivity contribution < 1.29 is 9.53 Å². The number of aromatic nitrogens is 2. The van der Waals surface area contributed by atoms with Gasteiger partial charge in [0.25, 0.3) is 11.5 Å². The van der Waals surface area contributed by atoms with E-state index in [1.807, 2.05) is 48.9 Å². The minimum absolute atomic E-state index is 0.0991. The van der Waals surface area contributed by atoms with Crippen LogP contribution in [0.5, 0.6) is 5.75 Å². The van der Waals surface area contributed by atoms with Gasteiger partial charge in [0.1, 0.15) is 5.75 Å². The Morgan fingerprint density at radius 1 is 1.03 bits per heavy atom. The summed E-state index contributed by atoms with van der Waals surface area (Å²) in [6.45, 7) is 1.96. The number of nitrogens with zero attached hydrogens (tertiary/aromatic N) is 2. The van der Waals surface area contributed by atoms with Gasteiger partial charge in [0, 0.05) is 32.5 Å². The van der Waals surface area contributed by atoms with Crippen molar-refractivity contribution in [1.82, 2.24) is 14.5 Å². The van der Waals surface area contributed by atoms with Crippen molar-refractivity contribution in [3.63, 3.8) is 0 Å². The smallest absolute Gasteiger partial charge is 0.260 e. The number of carbonyl (C=O) groups is 1. The van der Waals surface area contributed by atoms with Crippen molar-refractivity contribution in [3.05, 3.63) is 64.2 Å². The average molecular weight is 393 g/mol. The van der Waals surface area contributed by atoms with Gasteiger partial charge >= 0.3 is 0 Å². The molecule has 0 bridgehead atoms. The fourth-order valence-electron chi connectivity index (χ4n) is 4.36. The van der Waals surface area contributed by atoms with Crippen LogP contribution in [0, 0.1) is 6.92 Å². The standard InChI is InChI=1S/C23H27N3O3/c1-15-13-26(3)23(28)20-19(14-25(2)21(15)20)22(27)24-16-9-11-18(12-10-16)29-17-7-5-4-6-8-17/h4-8,13-14,16,18H,9-12H2,1-3H3,(H,24,27)/t16-,18-. The molecule has 0 radical (unpaired) electrons. The summed E-state index contributed by atoms with van der Waals surface area (Å²) < 4.78 is 9.45. The van der Waals surface area contributed by atoms with E-state index in [0.717, 1.165) is 42.5 Å². The van der Waals surface area contributed by atoms with Crippen molar-refractivity contribution in [2.45, 2.75) is 44.8 Å². The van der Waals surface area contributed by atoms with E-state index in [2.05, 4.69) is 5.32 Å². The Balaban J connectivity index is 1.45. The molecule has 29 heavy (non-hydrogen) atoms. The van der Waals surface area contributed by atoms with Gasteiger partial charge in [-0.1, -0.05) is 18.2 Å². The molecular formula is C23H27N3O3. The number of rotatable bonds is 4. The van der Waals surface area contributed by atoms with Crippen LogP contribution in [0.2, 0.25) is 0 Å². The van der Waals surface area contributed by atoms with Gasteiger partial charge in [-0.2, -0.15) is 0 Å².